The van der Waals surface area contributed by atoms with Crippen LogP contribution < -0.4 is 5.73 Å². The van der Waals surface area contributed by atoms with Crippen molar-refractivity contribution >= 4 is 12.0 Å². The van der Waals surface area contributed by atoms with Crippen LogP contribution in [0.2, 0.25) is 0 Å². The van der Waals surface area contributed by atoms with E-state index in [0.717, 1.165) is 51.8 Å². The summed E-state index contributed by atoms with van der Waals surface area (Å²) >= 11 is 0. The van der Waals surface area contributed by atoms with Crippen LogP contribution in [-0.4, -0.2) is 5.91 Å². The van der Waals surface area contributed by atoms with Crippen molar-refractivity contribution in [1.29, 1.82) is 0 Å². The molecule has 0 atom stereocenters. The molecule has 2 aliphatic rings. The molecule has 0 bridgehead atoms. The van der Waals surface area contributed by atoms with Gasteiger partial charge in [0.1, 0.15) is 5.82 Å². The van der Waals surface area contributed by atoms with Crippen molar-refractivity contribution < 1.29 is 9.18 Å². The van der Waals surface area contributed by atoms with Crippen LogP contribution in [0.25, 0.3) is 17.2 Å². The maximum Gasteiger partial charge on any atom is 0.269 e. The summed E-state index contributed by atoms with van der Waals surface area (Å²) in [4.78, 5) is 11.7. The van der Waals surface area contributed by atoms with Gasteiger partial charge in [0, 0.05) is 5.56 Å². The highest BCUT2D eigenvalue weighted by molar-refractivity contribution is 5.98. The monoisotopic (exact) mass is 306 g/mol. The Morgan fingerprint density at radius 2 is 1.96 bits per heavy atom. The fourth-order valence-corrected chi connectivity index (χ4v) is 3.86. The number of benzene rings is 2. The quantitative estimate of drug-likeness (QED) is 0.816. The second-order valence-corrected chi connectivity index (χ2v) is 6.55. The van der Waals surface area contributed by atoms with E-state index in [1.54, 1.807) is 0 Å². The predicted molar refractivity (Wildman–Crippen MR) is 88.8 cm³/mol. The first-order valence-corrected chi connectivity index (χ1v) is 7.87. The molecule has 2 aromatic rings. The number of hydrogen-bond acceptors (Lipinski definition) is 1. The van der Waals surface area contributed by atoms with Crippen molar-refractivity contribution in [3.8, 4) is 11.1 Å². The lowest BCUT2D eigenvalue weighted by molar-refractivity contribution is 0.0991. The SMILES string of the molecule is CC1=Cc2c(-c3c(C)c(C([NH])=O)cc4c3CC4)ccc(F)c2C1. The average molecular weight is 306 g/mol. The van der Waals surface area contributed by atoms with Gasteiger partial charge in [-0.3, -0.25) is 10.5 Å². The summed E-state index contributed by atoms with van der Waals surface area (Å²) in [7, 11) is 0. The zero-order chi connectivity index (χ0) is 16.3. The maximum absolute atomic E-state index is 14.1. The molecule has 0 fully saturated rings. The van der Waals surface area contributed by atoms with E-state index in [9.17, 15) is 9.18 Å². The van der Waals surface area contributed by atoms with Crippen LogP contribution in [0.15, 0.2) is 23.8 Å². The van der Waals surface area contributed by atoms with Crippen molar-refractivity contribution in [3.05, 3.63) is 63.0 Å². The third-order valence-electron chi connectivity index (χ3n) is 5.09. The minimum absolute atomic E-state index is 0.166. The molecule has 0 saturated heterocycles. The molecule has 2 aliphatic carbocycles. The van der Waals surface area contributed by atoms with Crippen LogP contribution in [0.5, 0.6) is 0 Å². The summed E-state index contributed by atoms with van der Waals surface area (Å²) in [6.07, 6.45) is 4.62. The van der Waals surface area contributed by atoms with E-state index in [4.69, 9.17) is 5.73 Å². The van der Waals surface area contributed by atoms with Crippen LogP contribution in [-0.2, 0) is 19.3 Å². The lowest BCUT2D eigenvalue weighted by Crippen LogP contribution is -2.16. The molecule has 3 heteroatoms. The molecule has 1 N–H and O–H groups in total. The van der Waals surface area contributed by atoms with Gasteiger partial charge in [-0.25, -0.2) is 4.39 Å². The molecule has 2 nitrogen and oxygen atoms in total. The molecule has 0 spiro atoms. The van der Waals surface area contributed by atoms with Gasteiger partial charge in [0.05, 0.1) is 0 Å². The number of nitrogens with one attached hydrogen (secondary N) is 1. The molecular formula is C20H17FNO. The van der Waals surface area contributed by atoms with E-state index in [1.165, 1.54) is 11.6 Å². The number of allylic oxidation sites excluding steroid dienone is 1. The number of amides is 1. The van der Waals surface area contributed by atoms with Gasteiger partial charge in [0.2, 0.25) is 0 Å². The Morgan fingerprint density at radius 1 is 1.17 bits per heavy atom. The Labute approximate surface area is 134 Å². The number of rotatable bonds is 2. The average Bonchev–Trinajstić information content (AvgIpc) is 2.85. The zero-order valence-corrected chi connectivity index (χ0v) is 13.2. The van der Waals surface area contributed by atoms with Crippen molar-refractivity contribution in [3.63, 3.8) is 0 Å². The summed E-state index contributed by atoms with van der Waals surface area (Å²) in [6, 6.07) is 5.21. The second kappa shape index (κ2) is 4.79. The van der Waals surface area contributed by atoms with Crippen LogP contribution in [0.3, 0.4) is 0 Å². The highest BCUT2D eigenvalue weighted by atomic mass is 19.1. The van der Waals surface area contributed by atoms with Crippen molar-refractivity contribution in [2.24, 2.45) is 0 Å². The fraction of sp³-hybridized carbons (Fsp3) is 0.250. The maximum atomic E-state index is 14.1. The first kappa shape index (κ1) is 14.2. The van der Waals surface area contributed by atoms with E-state index >= 15 is 0 Å². The van der Waals surface area contributed by atoms with Gasteiger partial charge in [-0.15, -0.1) is 0 Å². The Hall–Kier alpha value is -2.42. The van der Waals surface area contributed by atoms with Gasteiger partial charge in [-0.1, -0.05) is 17.7 Å². The number of aryl methyl sites for hydroxylation is 1. The lowest BCUT2D eigenvalue weighted by atomic mass is 9.77. The third kappa shape index (κ3) is 1.96. The van der Waals surface area contributed by atoms with Gasteiger partial charge in [-0.05, 0) is 84.2 Å². The number of hydrogen-bond donors (Lipinski definition) is 0. The van der Waals surface area contributed by atoms with E-state index in [2.05, 4.69) is 0 Å². The molecule has 23 heavy (non-hydrogen) atoms. The summed E-state index contributed by atoms with van der Waals surface area (Å²) in [6.45, 7) is 3.91. The highest BCUT2D eigenvalue weighted by Crippen LogP contribution is 2.43. The first-order chi connectivity index (χ1) is 11.0. The molecule has 0 unspecified atom stereocenters. The summed E-state index contributed by atoms with van der Waals surface area (Å²) in [5.41, 5.74) is 16.1. The van der Waals surface area contributed by atoms with Crippen LogP contribution in [0.4, 0.5) is 4.39 Å². The van der Waals surface area contributed by atoms with E-state index in [0.29, 0.717) is 12.0 Å². The van der Waals surface area contributed by atoms with Crippen LogP contribution >= 0.6 is 0 Å². The summed E-state index contributed by atoms with van der Waals surface area (Å²) in [5, 5.41) is 0. The second-order valence-electron chi connectivity index (χ2n) is 6.55. The molecular weight excluding hydrogens is 289 g/mol. The van der Waals surface area contributed by atoms with E-state index in [-0.39, 0.29) is 5.82 Å². The minimum atomic E-state index is -0.649. The van der Waals surface area contributed by atoms with Crippen LogP contribution in [0.1, 0.15) is 45.1 Å². The van der Waals surface area contributed by atoms with Crippen molar-refractivity contribution in [1.82, 2.24) is 5.73 Å². The number of halogens is 1. The Kier molecular flexibility index (Phi) is 2.95. The predicted octanol–water partition coefficient (Wildman–Crippen LogP) is 4.28. The zero-order valence-electron chi connectivity index (χ0n) is 13.2. The Morgan fingerprint density at radius 3 is 2.61 bits per heavy atom. The van der Waals surface area contributed by atoms with Crippen molar-refractivity contribution in [2.45, 2.75) is 33.1 Å². The molecule has 0 heterocycles. The fourth-order valence-electron chi connectivity index (χ4n) is 3.86. The number of fused-ring (bicyclic) bond motifs is 2. The molecule has 2 aromatic carbocycles. The molecule has 115 valence electrons. The molecule has 1 radical (unpaired) electrons. The van der Waals surface area contributed by atoms with Crippen molar-refractivity contribution in [2.75, 3.05) is 0 Å². The van der Waals surface area contributed by atoms with Gasteiger partial charge < -0.3 is 0 Å². The van der Waals surface area contributed by atoms with Gasteiger partial charge >= 0.3 is 0 Å². The molecule has 0 aliphatic heterocycles. The van der Waals surface area contributed by atoms with Gasteiger partial charge in [-0.2, -0.15) is 0 Å². The van der Waals surface area contributed by atoms with E-state index < -0.39 is 5.91 Å². The summed E-state index contributed by atoms with van der Waals surface area (Å²) in [5.74, 6) is -0.815. The van der Waals surface area contributed by atoms with Gasteiger partial charge in [0.25, 0.3) is 5.91 Å². The lowest BCUT2D eigenvalue weighted by Gasteiger charge is -2.27. The normalized spacial score (nSPS) is 14.8. The first-order valence-electron chi connectivity index (χ1n) is 7.87. The Balaban J connectivity index is 2.04. The van der Waals surface area contributed by atoms with Gasteiger partial charge in [0.15, 0.2) is 0 Å². The number of carbonyl (C=O) groups is 1. The third-order valence-corrected chi connectivity index (χ3v) is 5.09. The minimum Gasteiger partial charge on any atom is -0.267 e. The van der Waals surface area contributed by atoms with Crippen LogP contribution in [0, 0.1) is 12.7 Å². The highest BCUT2D eigenvalue weighted by Gasteiger charge is 2.27. The molecule has 1 amide bonds. The molecule has 0 aromatic heterocycles. The largest absolute Gasteiger partial charge is 0.269 e. The standard InChI is InChI=1S/C20H17FNO/c1-10-7-16-14(5-6-18(21)17(16)8-10)19-11(2)15(20(22)23)9-12-3-4-13(12)19/h5-7,9,22H,3-4,8H2,1-2H3. The topological polar surface area (TPSA) is 40.9 Å². The molecule has 4 rings (SSSR count). The smallest absolute Gasteiger partial charge is 0.267 e. The summed E-state index contributed by atoms with van der Waals surface area (Å²) < 4.78 is 14.1. The molecule has 0 saturated carbocycles. The number of carbonyl (C=O) groups excluding carboxylic acids is 1. The Bertz CT molecular complexity index is 909. The van der Waals surface area contributed by atoms with E-state index in [1.807, 2.05) is 32.1 Å².